The SMILES string of the molecule is CCNc1cc(C2CCCC2)nc2ccc(C)cc12. The summed E-state index contributed by atoms with van der Waals surface area (Å²) in [4.78, 5) is 4.90. The molecule has 0 saturated heterocycles. The van der Waals surface area contributed by atoms with E-state index in [1.165, 1.54) is 48.0 Å². The summed E-state index contributed by atoms with van der Waals surface area (Å²) in [5, 5.41) is 4.75. The summed E-state index contributed by atoms with van der Waals surface area (Å²) in [5.74, 6) is 0.670. The predicted octanol–water partition coefficient (Wildman–Crippen LogP) is 4.63. The molecule has 0 unspecified atom stereocenters. The van der Waals surface area contributed by atoms with Crippen LogP contribution in [0.25, 0.3) is 10.9 Å². The Balaban J connectivity index is 2.12. The maximum absolute atomic E-state index is 4.90. The van der Waals surface area contributed by atoms with Gasteiger partial charge in [-0.1, -0.05) is 24.5 Å². The largest absolute Gasteiger partial charge is 0.385 e. The minimum atomic E-state index is 0.670. The summed E-state index contributed by atoms with van der Waals surface area (Å²) < 4.78 is 0. The number of anilines is 1. The normalized spacial score (nSPS) is 16.1. The molecule has 1 aromatic heterocycles. The lowest BCUT2D eigenvalue weighted by molar-refractivity contribution is 0.701. The third kappa shape index (κ3) is 2.44. The summed E-state index contributed by atoms with van der Waals surface area (Å²) in [7, 11) is 0. The molecule has 0 bridgehead atoms. The molecule has 3 rings (SSSR count). The van der Waals surface area contributed by atoms with Crippen LogP contribution in [-0.2, 0) is 0 Å². The molecule has 100 valence electrons. The highest BCUT2D eigenvalue weighted by molar-refractivity contribution is 5.92. The van der Waals surface area contributed by atoms with Gasteiger partial charge >= 0.3 is 0 Å². The van der Waals surface area contributed by atoms with Gasteiger partial charge < -0.3 is 5.32 Å². The van der Waals surface area contributed by atoms with Crippen LogP contribution in [0.4, 0.5) is 5.69 Å². The fraction of sp³-hybridized carbons (Fsp3) is 0.471. The van der Waals surface area contributed by atoms with E-state index in [-0.39, 0.29) is 0 Å². The van der Waals surface area contributed by atoms with Crippen LogP contribution >= 0.6 is 0 Å². The van der Waals surface area contributed by atoms with Gasteiger partial charge in [0.05, 0.1) is 5.52 Å². The van der Waals surface area contributed by atoms with Crippen LogP contribution in [-0.4, -0.2) is 11.5 Å². The van der Waals surface area contributed by atoms with Gasteiger partial charge in [0.2, 0.25) is 0 Å². The van der Waals surface area contributed by atoms with E-state index in [0.717, 1.165) is 12.1 Å². The zero-order valence-electron chi connectivity index (χ0n) is 11.9. The lowest BCUT2D eigenvalue weighted by Crippen LogP contribution is -2.03. The Bertz CT molecular complexity index is 583. The zero-order chi connectivity index (χ0) is 13.2. The van der Waals surface area contributed by atoms with Gasteiger partial charge in [-0.05, 0) is 44.9 Å². The maximum Gasteiger partial charge on any atom is 0.0726 e. The van der Waals surface area contributed by atoms with Gasteiger partial charge in [0.15, 0.2) is 0 Å². The number of fused-ring (bicyclic) bond motifs is 1. The molecule has 0 aliphatic heterocycles. The van der Waals surface area contributed by atoms with Crippen molar-refractivity contribution >= 4 is 16.6 Å². The second-order valence-electron chi connectivity index (χ2n) is 5.63. The first kappa shape index (κ1) is 12.5. The Morgan fingerprint density at radius 1 is 1.21 bits per heavy atom. The van der Waals surface area contributed by atoms with Crippen LogP contribution in [0, 0.1) is 6.92 Å². The number of aryl methyl sites for hydroxylation is 1. The molecule has 1 aliphatic rings. The highest BCUT2D eigenvalue weighted by atomic mass is 14.9. The van der Waals surface area contributed by atoms with Gasteiger partial charge in [-0.3, -0.25) is 4.98 Å². The lowest BCUT2D eigenvalue weighted by atomic mass is 10.0. The van der Waals surface area contributed by atoms with Crippen molar-refractivity contribution in [1.29, 1.82) is 0 Å². The van der Waals surface area contributed by atoms with Crippen LogP contribution < -0.4 is 5.32 Å². The molecular formula is C17H22N2. The van der Waals surface area contributed by atoms with Crippen molar-refractivity contribution in [2.24, 2.45) is 0 Å². The van der Waals surface area contributed by atoms with Crippen LogP contribution in [0.1, 0.15) is 49.8 Å². The highest BCUT2D eigenvalue weighted by Gasteiger charge is 2.19. The molecule has 2 nitrogen and oxygen atoms in total. The minimum Gasteiger partial charge on any atom is -0.385 e. The van der Waals surface area contributed by atoms with Crippen LogP contribution in [0.2, 0.25) is 0 Å². The molecule has 1 N–H and O–H groups in total. The van der Waals surface area contributed by atoms with E-state index in [1.54, 1.807) is 0 Å². The fourth-order valence-corrected chi connectivity index (χ4v) is 3.13. The average molecular weight is 254 g/mol. The van der Waals surface area contributed by atoms with E-state index in [9.17, 15) is 0 Å². The zero-order valence-corrected chi connectivity index (χ0v) is 11.9. The number of nitrogens with zero attached hydrogens (tertiary/aromatic N) is 1. The average Bonchev–Trinajstić information content (AvgIpc) is 2.93. The Kier molecular flexibility index (Phi) is 3.41. The Labute approximate surface area is 115 Å². The molecule has 0 spiro atoms. The summed E-state index contributed by atoms with van der Waals surface area (Å²) in [6.45, 7) is 5.24. The van der Waals surface area contributed by atoms with Gasteiger partial charge in [-0.15, -0.1) is 0 Å². The summed E-state index contributed by atoms with van der Waals surface area (Å²) in [6, 6.07) is 8.83. The topological polar surface area (TPSA) is 24.9 Å². The van der Waals surface area contributed by atoms with Crippen LogP contribution in [0.15, 0.2) is 24.3 Å². The van der Waals surface area contributed by atoms with Gasteiger partial charge in [-0.2, -0.15) is 0 Å². The summed E-state index contributed by atoms with van der Waals surface area (Å²) in [5.41, 5.74) is 4.95. The molecule has 2 aromatic rings. The molecule has 1 saturated carbocycles. The molecule has 1 heterocycles. The van der Waals surface area contributed by atoms with Crippen molar-refractivity contribution in [3.8, 4) is 0 Å². The van der Waals surface area contributed by atoms with Gasteiger partial charge in [0, 0.05) is 29.2 Å². The fourth-order valence-electron chi connectivity index (χ4n) is 3.13. The maximum atomic E-state index is 4.90. The molecule has 1 aromatic carbocycles. The van der Waals surface area contributed by atoms with Crippen molar-refractivity contribution in [1.82, 2.24) is 4.98 Å². The molecular weight excluding hydrogens is 232 g/mol. The van der Waals surface area contributed by atoms with Crippen molar-refractivity contribution in [2.75, 3.05) is 11.9 Å². The molecule has 19 heavy (non-hydrogen) atoms. The van der Waals surface area contributed by atoms with E-state index < -0.39 is 0 Å². The predicted molar refractivity (Wildman–Crippen MR) is 81.9 cm³/mol. The van der Waals surface area contributed by atoms with Crippen molar-refractivity contribution < 1.29 is 0 Å². The van der Waals surface area contributed by atoms with Gasteiger partial charge in [-0.25, -0.2) is 0 Å². The van der Waals surface area contributed by atoms with Crippen LogP contribution in [0.3, 0.4) is 0 Å². The van der Waals surface area contributed by atoms with E-state index >= 15 is 0 Å². The molecule has 0 amide bonds. The van der Waals surface area contributed by atoms with E-state index in [1.807, 2.05) is 0 Å². The first-order valence-electron chi connectivity index (χ1n) is 7.43. The third-order valence-electron chi connectivity index (χ3n) is 4.12. The Hall–Kier alpha value is -1.57. The number of hydrogen-bond acceptors (Lipinski definition) is 2. The highest BCUT2D eigenvalue weighted by Crippen LogP contribution is 2.36. The first-order valence-corrected chi connectivity index (χ1v) is 7.43. The monoisotopic (exact) mass is 254 g/mol. The second kappa shape index (κ2) is 5.20. The van der Waals surface area contributed by atoms with Crippen molar-refractivity contribution in [3.63, 3.8) is 0 Å². The number of hydrogen-bond donors (Lipinski definition) is 1. The minimum absolute atomic E-state index is 0.670. The number of pyridine rings is 1. The van der Waals surface area contributed by atoms with Crippen molar-refractivity contribution in [3.05, 3.63) is 35.5 Å². The number of rotatable bonds is 3. The van der Waals surface area contributed by atoms with E-state index in [0.29, 0.717) is 5.92 Å². The summed E-state index contributed by atoms with van der Waals surface area (Å²) >= 11 is 0. The van der Waals surface area contributed by atoms with E-state index in [4.69, 9.17) is 4.98 Å². The molecule has 0 atom stereocenters. The van der Waals surface area contributed by atoms with Crippen LogP contribution in [0.5, 0.6) is 0 Å². The number of nitrogens with one attached hydrogen (secondary N) is 1. The molecule has 2 heteroatoms. The Morgan fingerprint density at radius 3 is 2.74 bits per heavy atom. The van der Waals surface area contributed by atoms with E-state index in [2.05, 4.69) is 43.4 Å². The number of benzene rings is 1. The van der Waals surface area contributed by atoms with Crippen molar-refractivity contribution in [2.45, 2.75) is 45.4 Å². The third-order valence-corrected chi connectivity index (χ3v) is 4.12. The Morgan fingerprint density at radius 2 is 2.00 bits per heavy atom. The van der Waals surface area contributed by atoms with Gasteiger partial charge in [0.25, 0.3) is 0 Å². The standard InChI is InChI=1S/C17H22N2/c1-3-18-17-11-16(13-6-4-5-7-13)19-15-9-8-12(2)10-14(15)17/h8-11,13H,3-7H2,1-2H3,(H,18,19). The molecule has 0 radical (unpaired) electrons. The molecule has 1 aliphatic carbocycles. The first-order chi connectivity index (χ1) is 9.28. The molecule has 1 fully saturated rings. The van der Waals surface area contributed by atoms with Gasteiger partial charge in [0.1, 0.15) is 0 Å². The summed E-state index contributed by atoms with van der Waals surface area (Å²) in [6.07, 6.45) is 5.31. The lowest BCUT2D eigenvalue weighted by Gasteiger charge is -2.14. The number of aromatic nitrogens is 1. The smallest absolute Gasteiger partial charge is 0.0726 e. The second-order valence-corrected chi connectivity index (χ2v) is 5.63. The quantitative estimate of drug-likeness (QED) is 0.863.